The van der Waals surface area contributed by atoms with Crippen LogP contribution in [-0.4, -0.2) is 53.7 Å². The van der Waals surface area contributed by atoms with Crippen LogP contribution in [0.15, 0.2) is 48.5 Å². The predicted octanol–water partition coefficient (Wildman–Crippen LogP) is 2.58. The van der Waals surface area contributed by atoms with Crippen molar-refractivity contribution in [1.29, 1.82) is 0 Å². The van der Waals surface area contributed by atoms with E-state index in [1.807, 2.05) is 55.5 Å². The zero-order valence-corrected chi connectivity index (χ0v) is 19.3. The number of amides is 1. The van der Waals surface area contributed by atoms with E-state index < -0.39 is 0 Å². The van der Waals surface area contributed by atoms with Gasteiger partial charge in [-0.25, -0.2) is 0 Å². The van der Waals surface area contributed by atoms with Crippen molar-refractivity contribution in [2.24, 2.45) is 0 Å². The molecule has 178 valence electrons. The van der Waals surface area contributed by atoms with Crippen molar-refractivity contribution in [2.75, 3.05) is 38.2 Å². The number of hydrogen-bond donors (Lipinski definition) is 3. The van der Waals surface area contributed by atoms with Gasteiger partial charge in [-0.1, -0.05) is 24.3 Å². The van der Waals surface area contributed by atoms with Gasteiger partial charge in [-0.15, -0.1) is 0 Å². The summed E-state index contributed by atoms with van der Waals surface area (Å²) in [6.07, 6.45) is 1.37. The average molecular weight is 463 g/mol. The summed E-state index contributed by atoms with van der Waals surface area (Å²) in [7, 11) is 0. The van der Waals surface area contributed by atoms with Gasteiger partial charge < -0.3 is 25.4 Å². The number of benzene rings is 2. The molecule has 0 saturated carbocycles. The van der Waals surface area contributed by atoms with E-state index in [-0.39, 0.29) is 11.9 Å². The highest BCUT2D eigenvalue weighted by Crippen LogP contribution is 2.16. The Kier molecular flexibility index (Phi) is 8.23. The molecule has 1 aromatic heterocycles. The summed E-state index contributed by atoms with van der Waals surface area (Å²) in [5.74, 6) is 1.78. The molecular formula is C25H30N6O3. The van der Waals surface area contributed by atoms with Gasteiger partial charge in [-0.3, -0.25) is 4.79 Å². The van der Waals surface area contributed by atoms with E-state index in [2.05, 4.69) is 30.9 Å². The van der Waals surface area contributed by atoms with Crippen molar-refractivity contribution < 1.29 is 14.3 Å². The number of anilines is 1. The van der Waals surface area contributed by atoms with E-state index >= 15 is 0 Å². The molecule has 0 fully saturated rings. The number of aromatic nitrogens is 3. The third-order valence-corrected chi connectivity index (χ3v) is 5.24. The zero-order chi connectivity index (χ0) is 23.6. The Bertz CT molecular complexity index is 1070. The first-order valence-electron chi connectivity index (χ1n) is 11.6. The molecule has 0 saturated heterocycles. The maximum atomic E-state index is 12.4. The third kappa shape index (κ3) is 6.89. The van der Waals surface area contributed by atoms with E-state index in [1.54, 1.807) is 0 Å². The van der Waals surface area contributed by atoms with Gasteiger partial charge in [0, 0.05) is 31.6 Å². The molecule has 2 aromatic carbocycles. The summed E-state index contributed by atoms with van der Waals surface area (Å²) < 4.78 is 11.4. The minimum absolute atomic E-state index is 0.0939. The highest BCUT2D eigenvalue weighted by Gasteiger charge is 2.10. The van der Waals surface area contributed by atoms with Crippen molar-refractivity contribution in [3.63, 3.8) is 0 Å². The normalized spacial score (nSPS) is 15.1. The zero-order valence-electron chi connectivity index (χ0n) is 19.3. The molecule has 0 atom stereocenters. The summed E-state index contributed by atoms with van der Waals surface area (Å²) in [5.41, 5.74) is 2.69. The number of rotatable bonds is 2. The van der Waals surface area contributed by atoms with Gasteiger partial charge in [-0.2, -0.15) is 15.0 Å². The van der Waals surface area contributed by atoms with E-state index in [4.69, 9.17) is 9.47 Å². The smallest absolute Gasteiger partial charge is 0.321 e. The molecule has 0 spiro atoms. The van der Waals surface area contributed by atoms with Crippen molar-refractivity contribution in [2.45, 2.75) is 26.3 Å². The SMILES string of the molecule is CCOc1nc2nc(n1)NCc1ccc(cc1)OCCCNCCNC(=O)c1ccc(cc1)C2. The second-order valence-corrected chi connectivity index (χ2v) is 7.87. The predicted molar refractivity (Wildman–Crippen MR) is 129 cm³/mol. The molecule has 34 heavy (non-hydrogen) atoms. The van der Waals surface area contributed by atoms with Gasteiger partial charge in [0.2, 0.25) is 5.95 Å². The van der Waals surface area contributed by atoms with Crippen LogP contribution in [-0.2, 0) is 13.0 Å². The minimum atomic E-state index is -0.0939. The van der Waals surface area contributed by atoms with Crippen LogP contribution in [0, 0.1) is 0 Å². The van der Waals surface area contributed by atoms with E-state index in [0.717, 1.165) is 29.8 Å². The number of ether oxygens (including phenoxy) is 2. The average Bonchev–Trinajstić information content (AvgIpc) is 2.85. The second kappa shape index (κ2) is 11.9. The highest BCUT2D eigenvalue weighted by molar-refractivity contribution is 5.94. The van der Waals surface area contributed by atoms with E-state index in [9.17, 15) is 4.79 Å². The first-order chi connectivity index (χ1) is 16.7. The van der Waals surface area contributed by atoms with Gasteiger partial charge in [-0.05, 0) is 55.3 Å². The summed E-state index contributed by atoms with van der Waals surface area (Å²) in [6.45, 7) is 5.62. The van der Waals surface area contributed by atoms with Crippen LogP contribution in [0.2, 0.25) is 0 Å². The quantitative estimate of drug-likeness (QED) is 0.533. The lowest BCUT2D eigenvalue weighted by molar-refractivity contribution is 0.0954. The Balaban J connectivity index is 1.54. The maximum absolute atomic E-state index is 12.4. The lowest BCUT2D eigenvalue weighted by Gasteiger charge is -2.10. The largest absolute Gasteiger partial charge is 0.494 e. The van der Waals surface area contributed by atoms with Crippen LogP contribution in [0.3, 0.4) is 0 Å². The summed E-state index contributed by atoms with van der Waals surface area (Å²) >= 11 is 0. The van der Waals surface area contributed by atoms with Crippen molar-refractivity contribution in [3.8, 4) is 11.8 Å². The molecule has 9 heteroatoms. The Labute approximate surface area is 199 Å². The van der Waals surface area contributed by atoms with Crippen LogP contribution < -0.4 is 25.4 Å². The molecule has 3 N–H and O–H groups in total. The van der Waals surface area contributed by atoms with Gasteiger partial charge >= 0.3 is 6.01 Å². The van der Waals surface area contributed by atoms with Gasteiger partial charge in [0.15, 0.2) is 0 Å². The fraction of sp³-hybridized carbons (Fsp3) is 0.360. The topological polar surface area (TPSA) is 110 Å². The molecule has 6 bridgehead atoms. The Morgan fingerprint density at radius 1 is 0.912 bits per heavy atom. The van der Waals surface area contributed by atoms with Crippen LogP contribution in [0.25, 0.3) is 0 Å². The molecule has 0 aliphatic carbocycles. The first kappa shape index (κ1) is 23.4. The Morgan fingerprint density at radius 2 is 1.71 bits per heavy atom. The monoisotopic (exact) mass is 462 g/mol. The van der Waals surface area contributed by atoms with Crippen molar-refractivity contribution in [3.05, 3.63) is 71.0 Å². The molecule has 5 heterocycles. The second-order valence-electron chi connectivity index (χ2n) is 7.87. The van der Waals surface area contributed by atoms with Gasteiger partial charge in [0.05, 0.1) is 13.2 Å². The third-order valence-electron chi connectivity index (χ3n) is 5.24. The van der Waals surface area contributed by atoms with Gasteiger partial charge in [0.25, 0.3) is 5.91 Å². The van der Waals surface area contributed by atoms with E-state index in [0.29, 0.717) is 56.6 Å². The first-order valence-corrected chi connectivity index (χ1v) is 11.6. The van der Waals surface area contributed by atoms with Crippen LogP contribution in [0.1, 0.15) is 40.7 Å². The van der Waals surface area contributed by atoms with Gasteiger partial charge in [0.1, 0.15) is 11.6 Å². The summed E-state index contributed by atoms with van der Waals surface area (Å²) in [5, 5.41) is 9.52. The molecule has 4 aliphatic heterocycles. The van der Waals surface area contributed by atoms with Crippen LogP contribution in [0.5, 0.6) is 11.8 Å². The van der Waals surface area contributed by atoms with Crippen LogP contribution >= 0.6 is 0 Å². The molecular weight excluding hydrogens is 432 g/mol. The number of nitrogens with one attached hydrogen (secondary N) is 3. The number of nitrogens with zero attached hydrogens (tertiary/aromatic N) is 3. The van der Waals surface area contributed by atoms with Crippen LogP contribution in [0.4, 0.5) is 5.95 Å². The fourth-order valence-electron chi connectivity index (χ4n) is 3.47. The number of carbonyl (C=O) groups excluding carboxylic acids is 1. The molecule has 0 radical (unpaired) electrons. The Morgan fingerprint density at radius 3 is 2.50 bits per heavy atom. The minimum Gasteiger partial charge on any atom is -0.494 e. The Hall–Kier alpha value is -3.72. The molecule has 4 aliphatic rings. The fourth-order valence-corrected chi connectivity index (χ4v) is 3.47. The molecule has 1 amide bonds. The molecule has 0 unspecified atom stereocenters. The molecule has 9 nitrogen and oxygen atoms in total. The lowest BCUT2D eigenvalue weighted by atomic mass is 10.1. The molecule has 7 rings (SSSR count). The standard InChI is InChI=1S/C25H30N6O3/c1-2-33-25-30-22-16-18-4-8-20(9-5-18)23(32)27-14-13-26-12-3-15-34-21-10-6-19(7-11-21)17-28-24(29-22)31-25/h4-11,26H,2-3,12-17H2,1H3,(H,27,32)(H,28,29,30,31). The highest BCUT2D eigenvalue weighted by atomic mass is 16.5. The summed E-state index contributed by atoms with van der Waals surface area (Å²) in [4.78, 5) is 25.8. The summed E-state index contributed by atoms with van der Waals surface area (Å²) in [6, 6.07) is 15.7. The van der Waals surface area contributed by atoms with E-state index in [1.165, 1.54) is 0 Å². The number of hydrogen-bond acceptors (Lipinski definition) is 8. The maximum Gasteiger partial charge on any atom is 0.321 e. The molecule has 3 aromatic rings. The van der Waals surface area contributed by atoms with Crippen molar-refractivity contribution in [1.82, 2.24) is 25.6 Å². The lowest BCUT2D eigenvalue weighted by Crippen LogP contribution is -2.32. The number of carbonyl (C=O) groups is 1. The van der Waals surface area contributed by atoms with Crippen molar-refractivity contribution >= 4 is 11.9 Å².